The Hall–Kier alpha value is -1.71. The lowest BCUT2D eigenvalue weighted by atomic mass is 9.85. The summed E-state index contributed by atoms with van der Waals surface area (Å²) in [4.78, 5) is 11.2. The minimum Gasteiger partial charge on any atom is -0.488 e. The Morgan fingerprint density at radius 2 is 2.21 bits per heavy atom. The van der Waals surface area contributed by atoms with Gasteiger partial charge in [0, 0.05) is 5.56 Å². The number of anilines is 1. The molecule has 0 bridgehead atoms. The molecule has 0 spiro atoms. The second kappa shape index (κ2) is 5.95. The van der Waals surface area contributed by atoms with E-state index < -0.39 is 5.91 Å². The topological polar surface area (TPSA) is 78.3 Å². The number of carbonyl (C=O) groups excluding carboxylic acids is 1. The smallest absolute Gasteiger partial charge is 0.248 e. The molecule has 1 aliphatic rings. The predicted molar refractivity (Wildman–Crippen MR) is 76.0 cm³/mol. The van der Waals surface area contributed by atoms with Crippen molar-refractivity contribution in [2.24, 2.45) is 11.7 Å². The third-order valence-corrected chi connectivity index (χ3v) is 3.90. The number of ether oxygens (including phenoxy) is 1. The number of hydrogen-bond acceptors (Lipinski definition) is 3. The van der Waals surface area contributed by atoms with Crippen LogP contribution in [0.3, 0.4) is 0 Å². The van der Waals surface area contributed by atoms with Crippen molar-refractivity contribution in [3.05, 3.63) is 23.8 Å². The molecule has 0 radical (unpaired) electrons. The summed E-state index contributed by atoms with van der Waals surface area (Å²) in [7, 11) is 0. The molecule has 19 heavy (non-hydrogen) atoms. The number of primary amides is 1. The maximum Gasteiger partial charge on any atom is 0.248 e. The van der Waals surface area contributed by atoms with Crippen LogP contribution in [0.4, 0.5) is 5.69 Å². The van der Waals surface area contributed by atoms with Gasteiger partial charge in [0.2, 0.25) is 5.91 Å². The van der Waals surface area contributed by atoms with E-state index in [1.165, 1.54) is 19.3 Å². The first-order valence-electron chi connectivity index (χ1n) is 6.96. The predicted octanol–water partition coefficient (Wildman–Crippen LogP) is 2.72. The van der Waals surface area contributed by atoms with Crippen LogP contribution in [-0.2, 0) is 0 Å². The van der Waals surface area contributed by atoms with Crippen LogP contribution < -0.4 is 16.2 Å². The van der Waals surface area contributed by atoms with Gasteiger partial charge in [-0.15, -0.1) is 0 Å². The average Bonchev–Trinajstić information content (AvgIpc) is 2.41. The lowest BCUT2D eigenvalue weighted by Crippen LogP contribution is -2.25. The Kier molecular flexibility index (Phi) is 4.30. The maximum absolute atomic E-state index is 11.2. The van der Waals surface area contributed by atoms with Crippen molar-refractivity contribution < 1.29 is 9.53 Å². The van der Waals surface area contributed by atoms with Gasteiger partial charge < -0.3 is 16.2 Å². The highest BCUT2D eigenvalue weighted by molar-refractivity contribution is 5.93. The first kappa shape index (κ1) is 13.7. The molecule has 1 fully saturated rings. The second-order valence-corrected chi connectivity index (χ2v) is 5.30. The zero-order valence-electron chi connectivity index (χ0n) is 11.4. The molecular formula is C15H22N2O2. The number of nitrogen functional groups attached to an aromatic ring is 1. The van der Waals surface area contributed by atoms with Crippen molar-refractivity contribution >= 4 is 11.6 Å². The molecule has 1 saturated carbocycles. The summed E-state index contributed by atoms with van der Waals surface area (Å²) >= 11 is 0. The van der Waals surface area contributed by atoms with Gasteiger partial charge in [0.25, 0.3) is 0 Å². The molecule has 2 rings (SSSR count). The molecule has 4 nitrogen and oxygen atoms in total. The molecule has 1 aliphatic carbocycles. The molecule has 0 saturated heterocycles. The highest BCUT2D eigenvalue weighted by Crippen LogP contribution is 2.32. The van der Waals surface area contributed by atoms with Crippen LogP contribution in [0.2, 0.25) is 0 Å². The third-order valence-electron chi connectivity index (χ3n) is 3.90. The largest absolute Gasteiger partial charge is 0.488 e. The Morgan fingerprint density at radius 3 is 2.89 bits per heavy atom. The van der Waals surface area contributed by atoms with Crippen molar-refractivity contribution in [3.8, 4) is 5.75 Å². The van der Waals surface area contributed by atoms with Gasteiger partial charge in [-0.25, -0.2) is 0 Å². The molecule has 1 amide bonds. The van der Waals surface area contributed by atoms with Crippen LogP contribution in [0, 0.1) is 5.92 Å². The normalized spacial score (nSPS) is 23.0. The number of benzene rings is 1. The van der Waals surface area contributed by atoms with Crippen LogP contribution in [-0.4, -0.2) is 12.0 Å². The van der Waals surface area contributed by atoms with E-state index in [1.807, 2.05) is 0 Å². The zero-order chi connectivity index (χ0) is 13.8. The maximum atomic E-state index is 11.2. The highest BCUT2D eigenvalue weighted by Gasteiger charge is 2.22. The van der Waals surface area contributed by atoms with Gasteiger partial charge >= 0.3 is 0 Å². The SMILES string of the molecule is CCC1CCCC(Oc2cc(C(N)=O)ccc2N)C1. The van der Waals surface area contributed by atoms with E-state index in [9.17, 15) is 4.79 Å². The number of nitrogens with two attached hydrogens (primary N) is 2. The molecule has 2 unspecified atom stereocenters. The fourth-order valence-corrected chi connectivity index (χ4v) is 2.69. The number of carbonyl (C=O) groups is 1. The number of amides is 1. The molecule has 0 aromatic heterocycles. The summed E-state index contributed by atoms with van der Waals surface area (Å²) in [6, 6.07) is 4.95. The minimum absolute atomic E-state index is 0.198. The van der Waals surface area contributed by atoms with Gasteiger partial charge in [-0.2, -0.15) is 0 Å². The third kappa shape index (κ3) is 3.40. The van der Waals surface area contributed by atoms with Gasteiger partial charge in [-0.3, -0.25) is 4.79 Å². The summed E-state index contributed by atoms with van der Waals surface area (Å²) < 4.78 is 5.98. The molecule has 104 valence electrons. The molecule has 1 aromatic carbocycles. The Morgan fingerprint density at radius 1 is 1.42 bits per heavy atom. The molecule has 2 atom stereocenters. The lowest BCUT2D eigenvalue weighted by Gasteiger charge is -2.29. The molecule has 4 N–H and O–H groups in total. The standard InChI is InChI=1S/C15H22N2O2/c1-2-10-4-3-5-12(8-10)19-14-9-11(15(17)18)6-7-13(14)16/h6-7,9-10,12H,2-5,8,16H2,1H3,(H2,17,18). The van der Waals surface area contributed by atoms with Gasteiger partial charge in [0.15, 0.2) is 0 Å². The molecular weight excluding hydrogens is 240 g/mol. The summed E-state index contributed by atoms with van der Waals surface area (Å²) in [5.41, 5.74) is 12.2. The van der Waals surface area contributed by atoms with Gasteiger partial charge in [-0.05, 0) is 43.4 Å². The van der Waals surface area contributed by atoms with Crippen molar-refractivity contribution in [1.29, 1.82) is 0 Å². The zero-order valence-corrected chi connectivity index (χ0v) is 11.4. The summed E-state index contributed by atoms with van der Waals surface area (Å²) in [5, 5.41) is 0. The molecule has 1 aromatic rings. The van der Waals surface area contributed by atoms with E-state index in [1.54, 1.807) is 18.2 Å². The quantitative estimate of drug-likeness (QED) is 0.819. The summed E-state index contributed by atoms with van der Waals surface area (Å²) in [6.07, 6.45) is 5.99. The number of hydrogen-bond donors (Lipinski definition) is 2. The molecule has 0 aliphatic heterocycles. The molecule has 4 heteroatoms. The Bertz CT molecular complexity index is 459. The Labute approximate surface area is 114 Å². The van der Waals surface area contributed by atoms with Crippen LogP contribution in [0.25, 0.3) is 0 Å². The van der Waals surface area contributed by atoms with Crippen LogP contribution in [0.15, 0.2) is 18.2 Å². The molecule has 0 heterocycles. The monoisotopic (exact) mass is 262 g/mol. The van der Waals surface area contributed by atoms with E-state index in [4.69, 9.17) is 16.2 Å². The van der Waals surface area contributed by atoms with Crippen molar-refractivity contribution in [1.82, 2.24) is 0 Å². The van der Waals surface area contributed by atoms with Gasteiger partial charge in [-0.1, -0.05) is 19.8 Å². The van der Waals surface area contributed by atoms with Crippen molar-refractivity contribution in [3.63, 3.8) is 0 Å². The summed E-state index contributed by atoms with van der Waals surface area (Å²) in [6.45, 7) is 2.22. The van der Waals surface area contributed by atoms with Gasteiger partial charge in [0.1, 0.15) is 5.75 Å². The van der Waals surface area contributed by atoms with Crippen LogP contribution >= 0.6 is 0 Å². The fourth-order valence-electron chi connectivity index (χ4n) is 2.69. The number of rotatable bonds is 4. The minimum atomic E-state index is -0.458. The second-order valence-electron chi connectivity index (χ2n) is 5.30. The van der Waals surface area contributed by atoms with Crippen molar-refractivity contribution in [2.75, 3.05) is 5.73 Å². The van der Waals surface area contributed by atoms with E-state index in [0.717, 1.165) is 18.8 Å². The van der Waals surface area contributed by atoms with E-state index >= 15 is 0 Å². The Balaban J connectivity index is 2.09. The fraction of sp³-hybridized carbons (Fsp3) is 0.533. The van der Waals surface area contributed by atoms with Crippen LogP contribution in [0.5, 0.6) is 5.75 Å². The van der Waals surface area contributed by atoms with E-state index in [-0.39, 0.29) is 6.10 Å². The lowest BCUT2D eigenvalue weighted by molar-refractivity contribution is 0.0997. The first-order chi connectivity index (χ1) is 9.10. The van der Waals surface area contributed by atoms with Gasteiger partial charge in [0.05, 0.1) is 11.8 Å². The van der Waals surface area contributed by atoms with Crippen molar-refractivity contribution in [2.45, 2.75) is 45.1 Å². The first-order valence-corrected chi connectivity index (χ1v) is 6.96. The van der Waals surface area contributed by atoms with E-state index in [0.29, 0.717) is 17.0 Å². The summed E-state index contributed by atoms with van der Waals surface area (Å²) in [5.74, 6) is 0.859. The average molecular weight is 262 g/mol. The highest BCUT2D eigenvalue weighted by atomic mass is 16.5. The van der Waals surface area contributed by atoms with E-state index in [2.05, 4.69) is 6.92 Å². The van der Waals surface area contributed by atoms with Crippen LogP contribution in [0.1, 0.15) is 49.4 Å².